The van der Waals surface area contributed by atoms with Gasteiger partial charge in [0.2, 0.25) is 6.79 Å². The molecule has 0 radical (unpaired) electrons. The van der Waals surface area contributed by atoms with Gasteiger partial charge in [0.05, 0.1) is 0 Å². The highest BCUT2D eigenvalue weighted by Gasteiger charge is 2.14. The quantitative estimate of drug-likeness (QED) is 0.570. The van der Waals surface area contributed by atoms with Crippen LogP contribution in [0.15, 0.2) is 24.4 Å². The van der Waals surface area contributed by atoms with Gasteiger partial charge in [0, 0.05) is 25.9 Å². The summed E-state index contributed by atoms with van der Waals surface area (Å²) in [6.45, 7) is 0.243. The van der Waals surface area contributed by atoms with Gasteiger partial charge in [-0.1, -0.05) is 6.07 Å². The lowest BCUT2D eigenvalue weighted by Crippen LogP contribution is -2.03. The molecule has 4 nitrogen and oxygen atoms in total. The topological polar surface area (TPSA) is 38.8 Å². The van der Waals surface area contributed by atoms with Crippen molar-refractivity contribution in [1.82, 2.24) is 4.90 Å². The first-order valence-electron chi connectivity index (χ1n) is 4.94. The molecule has 0 aromatic heterocycles. The molecule has 16 heavy (non-hydrogen) atoms. The fourth-order valence-corrected chi connectivity index (χ4v) is 1.53. The Morgan fingerprint density at radius 1 is 1.31 bits per heavy atom. The Morgan fingerprint density at radius 2 is 2.06 bits per heavy atom. The van der Waals surface area contributed by atoms with E-state index in [9.17, 15) is 4.79 Å². The first kappa shape index (κ1) is 10.5. The highest BCUT2D eigenvalue weighted by Crippen LogP contribution is 2.34. The molecule has 2 rings (SSSR count). The summed E-state index contributed by atoms with van der Waals surface area (Å²) in [6, 6.07) is 5.47. The number of hydrogen-bond donors (Lipinski definition) is 0. The number of fused-ring (bicyclic) bond motifs is 1. The van der Waals surface area contributed by atoms with Crippen molar-refractivity contribution in [2.45, 2.75) is 0 Å². The normalized spacial score (nSPS) is 13.8. The lowest BCUT2D eigenvalue weighted by Gasteiger charge is -2.08. The third kappa shape index (κ3) is 2.00. The molecule has 0 atom stereocenters. The predicted molar refractivity (Wildman–Crippen MR) is 60.3 cm³/mol. The lowest BCUT2D eigenvalue weighted by molar-refractivity contribution is -0.103. The zero-order valence-electron chi connectivity index (χ0n) is 9.27. The molecule has 0 amide bonds. The van der Waals surface area contributed by atoms with Crippen LogP contribution in [0.4, 0.5) is 0 Å². The molecule has 0 spiro atoms. The number of ether oxygens (including phenoxy) is 2. The summed E-state index contributed by atoms with van der Waals surface area (Å²) in [6.07, 6.45) is 2.60. The maximum absolute atomic E-state index is 11.0. The lowest BCUT2D eigenvalue weighted by atomic mass is 10.1. The van der Waals surface area contributed by atoms with Gasteiger partial charge in [-0.25, -0.2) is 0 Å². The van der Waals surface area contributed by atoms with E-state index in [0.29, 0.717) is 11.3 Å². The average molecular weight is 219 g/mol. The highest BCUT2D eigenvalue weighted by atomic mass is 16.7. The SMILES string of the molecule is CN(C)/C=C(/C=O)c1ccc2c(c1)OCO2. The zero-order chi connectivity index (χ0) is 11.5. The molecule has 4 heteroatoms. The Morgan fingerprint density at radius 3 is 2.75 bits per heavy atom. The smallest absolute Gasteiger partial charge is 0.231 e. The van der Waals surface area contributed by atoms with Crippen LogP contribution in [0, 0.1) is 0 Å². The Hall–Kier alpha value is -1.97. The number of aldehydes is 1. The second kappa shape index (κ2) is 4.26. The minimum absolute atomic E-state index is 0.243. The average Bonchev–Trinajstić information content (AvgIpc) is 2.72. The second-order valence-electron chi connectivity index (χ2n) is 3.73. The molecule has 0 aliphatic carbocycles. The maximum atomic E-state index is 11.0. The Bertz CT molecular complexity index is 438. The number of allylic oxidation sites excluding steroid dienone is 1. The van der Waals surface area contributed by atoms with Gasteiger partial charge in [-0.05, 0) is 17.7 Å². The molecule has 0 saturated carbocycles. The van der Waals surface area contributed by atoms with Gasteiger partial charge in [-0.3, -0.25) is 4.79 Å². The molecule has 0 N–H and O–H groups in total. The molecule has 0 fully saturated rings. The van der Waals surface area contributed by atoms with Crippen molar-refractivity contribution in [3.05, 3.63) is 30.0 Å². The van der Waals surface area contributed by atoms with E-state index < -0.39 is 0 Å². The fraction of sp³-hybridized carbons (Fsp3) is 0.250. The number of carbonyl (C=O) groups excluding carboxylic acids is 1. The highest BCUT2D eigenvalue weighted by molar-refractivity contribution is 6.06. The molecule has 1 aliphatic heterocycles. The fourth-order valence-electron chi connectivity index (χ4n) is 1.53. The molecular weight excluding hydrogens is 206 g/mol. The van der Waals surface area contributed by atoms with E-state index in [1.54, 1.807) is 6.20 Å². The third-order valence-electron chi connectivity index (χ3n) is 2.23. The van der Waals surface area contributed by atoms with Crippen LogP contribution >= 0.6 is 0 Å². The van der Waals surface area contributed by atoms with Crippen LogP contribution in [0.25, 0.3) is 5.57 Å². The third-order valence-corrected chi connectivity index (χ3v) is 2.23. The van der Waals surface area contributed by atoms with E-state index in [2.05, 4.69) is 0 Å². The summed E-state index contributed by atoms with van der Waals surface area (Å²) >= 11 is 0. The molecule has 1 aromatic carbocycles. The van der Waals surface area contributed by atoms with Crippen LogP contribution in [0.1, 0.15) is 5.56 Å². The number of hydrogen-bond acceptors (Lipinski definition) is 4. The molecule has 1 aliphatic rings. The number of benzene rings is 1. The monoisotopic (exact) mass is 219 g/mol. The van der Waals surface area contributed by atoms with E-state index in [1.807, 2.05) is 37.2 Å². The molecule has 0 unspecified atom stereocenters. The minimum Gasteiger partial charge on any atom is -0.454 e. The molecule has 1 aromatic rings. The van der Waals surface area contributed by atoms with Gasteiger partial charge >= 0.3 is 0 Å². The minimum atomic E-state index is 0.243. The van der Waals surface area contributed by atoms with E-state index >= 15 is 0 Å². The Balaban J connectivity index is 2.36. The van der Waals surface area contributed by atoms with Gasteiger partial charge in [0.15, 0.2) is 17.8 Å². The van der Waals surface area contributed by atoms with Crippen LogP contribution in [0.5, 0.6) is 11.5 Å². The number of rotatable bonds is 3. The van der Waals surface area contributed by atoms with Gasteiger partial charge in [0.25, 0.3) is 0 Å². The molecule has 0 saturated heterocycles. The van der Waals surface area contributed by atoms with Crippen molar-refractivity contribution in [1.29, 1.82) is 0 Å². The summed E-state index contributed by atoms with van der Waals surface area (Å²) < 4.78 is 10.5. The van der Waals surface area contributed by atoms with Crippen molar-refractivity contribution in [3.8, 4) is 11.5 Å². The van der Waals surface area contributed by atoms with E-state index in [1.165, 1.54) is 0 Å². The van der Waals surface area contributed by atoms with Crippen molar-refractivity contribution >= 4 is 11.9 Å². The van der Waals surface area contributed by atoms with Gasteiger partial charge in [-0.15, -0.1) is 0 Å². The summed E-state index contributed by atoms with van der Waals surface area (Å²) in [5.74, 6) is 1.41. The van der Waals surface area contributed by atoms with E-state index in [4.69, 9.17) is 9.47 Å². The molecular formula is C12H13NO3. The van der Waals surface area contributed by atoms with Gasteiger partial charge in [-0.2, -0.15) is 0 Å². The largest absolute Gasteiger partial charge is 0.454 e. The zero-order valence-corrected chi connectivity index (χ0v) is 9.27. The van der Waals surface area contributed by atoms with E-state index in [0.717, 1.165) is 17.6 Å². The number of nitrogens with zero attached hydrogens (tertiary/aromatic N) is 1. The van der Waals surface area contributed by atoms with Gasteiger partial charge < -0.3 is 14.4 Å². The van der Waals surface area contributed by atoms with Crippen LogP contribution in [-0.4, -0.2) is 32.1 Å². The Kier molecular flexibility index (Phi) is 2.81. The Labute approximate surface area is 94.1 Å². The predicted octanol–water partition coefficient (Wildman–Crippen LogP) is 1.52. The standard InChI is InChI=1S/C12H13NO3/c1-13(2)6-10(7-14)9-3-4-11-12(5-9)16-8-15-11/h3-7H,8H2,1-2H3/b10-6-. The van der Waals surface area contributed by atoms with Crippen LogP contribution in [0.2, 0.25) is 0 Å². The summed E-state index contributed by atoms with van der Waals surface area (Å²) in [5, 5.41) is 0. The maximum Gasteiger partial charge on any atom is 0.231 e. The molecule has 1 heterocycles. The van der Waals surface area contributed by atoms with Crippen LogP contribution < -0.4 is 9.47 Å². The van der Waals surface area contributed by atoms with Gasteiger partial charge in [0.1, 0.15) is 0 Å². The van der Waals surface area contributed by atoms with Crippen LogP contribution in [-0.2, 0) is 4.79 Å². The summed E-state index contributed by atoms with van der Waals surface area (Å²) in [4.78, 5) is 12.8. The van der Waals surface area contributed by atoms with Crippen molar-refractivity contribution in [2.75, 3.05) is 20.9 Å². The summed E-state index contributed by atoms with van der Waals surface area (Å²) in [5.41, 5.74) is 1.44. The number of carbonyl (C=O) groups is 1. The van der Waals surface area contributed by atoms with E-state index in [-0.39, 0.29) is 6.79 Å². The second-order valence-corrected chi connectivity index (χ2v) is 3.73. The van der Waals surface area contributed by atoms with Crippen molar-refractivity contribution in [3.63, 3.8) is 0 Å². The van der Waals surface area contributed by atoms with Crippen LogP contribution in [0.3, 0.4) is 0 Å². The molecule has 84 valence electrons. The molecule has 0 bridgehead atoms. The van der Waals surface area contributed by atoms with Crippen molar-refractivity contribution in [2.24, 2.45) is 0 Å². The summed E-state index contributed by atoms with van der Waals surface area (Å²) in [7, 11) is 3.74. The first-order valence-corrected chi connectivity index (χ1v) is 4.94. The van der Waals surface area contributed by atoms with Crippen molar-refractivity contribution < 1.29 is 14.3 Å². The first-order chi connectivity index (χ1) is 7.70.